The maximum Gasteiger partial charge on any atom is 0.234 e. The molecule has 0 radical (unpaired) electrons. The average Bonchev–Trinajstić information content (AvgIpc) is 2.29. The van der Waals surface area contributed by atoms with E-state index in [1.807, 2.05) is 19.9 Å². The third kappa shape index (κ3) is 4.58. The third-order valence-corrected chi connectivity index (χ3v) is 4.03. The summed E-state index contributed by atoms with van der Waals surface area (Å²) in [7, 11) is 0. The maximum atomic E-state index is 11.7. The summed E-state index contributed by atoms with van der Waals surface area (Å²) in [6.45, 7) is 5.52. The first-order chi connectivity index (χ1) is 8.40. The Morgan fingerprint density at radius 3 is 2.72 bits per heavy atom. The van der Waals surface area contributed by atoms with Gasteiger partial charge >= 0.3 is 0 Å². The van der Waals surface area contributed by atoms with E-state index < -0.39 is 6.10 Å². The minimum absolute atomic E-state index is 0.0447. The Labute approximate surface area is 112 Å². The minimum Gasteiger partial charge on any atom is -0.399 e. The molecule has 4 nitrogen and oxygen atoms in total. The molecule has 0 aliphatic heterocycles. The highest BCUT2D eigenvalue weighted by Crippen LogP contribution is 2.19. The number of hydrogen-bond donors (Lipinski definition) is 3. The number of thioether (sulfide) groups is 1. The van der Waals surface area contributed by atoms with Gasteiger partial charge in [0.05, 0.1) is 11.9 Å². The van der Waals surface area contributed by atoms with E-state index in [4.69, 9.17) is 5.73 Å². The van der Waals surface area contributed by atoms with E-state index >= 15 is 0 Å². The van der Waals surface area contributed by atoms with Gasteiger partial charge in [-0.25, -0.2) is 0 Å². The molecule has 2 atom stereocenters. The number of aryl methyl sites for hydroxylation is 1. The number of carbonyl (C=O) groups is 1. The second kappa shape index (κ2) is 6.66. The molecule has 0 aliphatic rings. The Morgan fingerprint density at radius 1 is 1.50 bits per heavy atom. The maximum absolute atomic E-state index is 11.7. The molecule has 2 unspecified atom stereocenters. The summed E-state index contributed by atoms with van der Waals surface area (Å²) in [5.41, 5.74) is 8.05. The first-order valence-electron chi connectivity index (χ1n) is 5.85. The molecule has 1 aromatic rings. The number of aliphatic hydroxyl groups excluding tert-OH is 1. The molecule has 0 spiro atoms. The number of rotatable bonds is 5. The lowest BCUT2D eigenvalue weighted by molar-refractivity contribution is -0.113. The van der Waals surface area contributed by atoms with E-state index in [0.29, 0.717) is 11.4 Å². The summed E-state index contributed by atoms with van der Waals surface area (Å²) in [5.74, 6) is 0.260. The highest BCUT2D eigenvalue weighted by molar-refractivity contribution is 8.00. The molecule has 0 aromatic heterocycles. The summed E-state index contributed by atoms with van der Waals surface area (Å²) >= 11 is 1.43. The van der Waals surface area contributed by atoms with Crippen molar-refractivity contribution in [3.05, 3.63) is 23.8 Å². The van der Waals surface area contributed by atoms with Crippen LogP contribution in [0.5, 0.6) is 0 Å². The van der Waals surface area contributed by atoms with Gasteiger partial charge in [-0.15, -0.1) is 11.8 Å². The average molecular weight is 268 g/mol. The molecule has 0 heterocycles. The molecule has 1 rings (SSSR count). The van der Waals surface area contributed by atoms with Crippen LogP contribution in [-0.4, -0.2) is 28.1 Å². The molecule has 4 N–H and O–H groups in total. The van der Waals surface area contributed by atoms with Crippen LogP contribution in [0.25, 0.3) is 0 Å². The van der Waals surface area contributed by atoms with Gasteiger partial charge in [0.1, 0.15) is 0 Å². The fraction of sp³-hybridized carbons (Fsp3) is 0.462. The Balaban J connectivity index is 2.50. The van der Waals surface area contributed by atoms with Crippen LogP contribution in [0.3, 0.4) is 0 Å². The van der Waals surface area contributed by atoms with Crippen LogP contribution >= 0.6 is 11.8 Å². The molecule has 18 heavy (non-hydrogen) atoms. The number of benzene rings is 1. The number of nitrogens with one attached hydrogen (secondary N) is 1. The predicted octanol–water partition coefficient (Wildman–Crippen LogP) is 2.02. The van der Waals surface area contributed by atoms with E-state index in [-0.39, 0.29) is 11.2 Å². The zero-order chi connectivity index (χ0) is 13.7. The summed E-state index contributed by atoms with van der Waals surface area (Å²) in [6.07, 6.45) is -0.416. The zero-order valence-electron chi connectivity index (χ0n) is 10.9. The van der Waals surface area contributed by atoms with Crippen LogP contribution in [0.15, 0.2) is 18.2 Å². The molecule has 1 amide bonds. The lowest BCUT2D eigenvalue weighted by atomic mass is 10.2. The molecule has 5 heteroatoms. The van der Waals surface area contributed by atoms with Crippen molar-refractivity contribution >= 4 is 29.0 Å². The number of hydrogen-bond acceptors (Lipinski definition) is 4. The Kier molecular flexibility index (Phi) is 5.50. The molecule has 0 saturated heterocycles. The zero-order valence-corrected chi connectivity index (χ0v) is 11.8. The summed E-state index contributed by atoms with van der Waals surface area (Å²) in [5, 5.41) is 12.2. The van der Waals surface area contributed by atoms with Gasteiger partial charge in [0, 0.05) is 16.6 Å². The Bertz CT molecular complexity index is 421. The van der Waals surface area contributed by atoms with E-state index in [2.05, 4.69) is 5.32 Å². The van der Waals surface area contributed by atoms with Crippen molar-refractivity contribution < 1.29 is 9.90 Å². The first-order valence-corrected chi connectivity index (χ1v) is 6.90. The third-order valence-electron chi connectivity index (χ3n) is 2.68. The van der Waals surface area contributed by atoms with Gasteiger partial charge in [0.25, 0.3) is 0 Å². The first kappa shape index (κ1) is 14.9. The van der Waals surface area contributed by atoms with Crippen LogP contribution in [0, 0.1) is 6.92 Å². The SMILES string of the molecule is Cc1cc(N)ccc1NC(=O)CSC(C)C(C)O. The number of nitrogen functional groups attached to an aromatic ring is 1. The number of carbonyl (C=O) groups excluding carboxylic acids is 1. The van der Waals surface area contributed by atoms with Crippen LogP contribution < -0.4 is 11.1 Å². The van der Waals surface area contributed by atoms with E-state index in [1.165, 1.54) is 11.8 Å². The number of nitrogens with two attached hydrogens (primary N) is 1. The second-order valence-corrected chi connectivity index (χ2v) is 5.74. The second-order valence-electron chi connectivity index (χ2n) is 4.38. The predicted molar refractivity (Wildman–Crippen MR) is 77.8 cm³/mol. The lowest BCUT2D eigenvalue weighted by Crippen LogP contribution is -2.21. The monoisotopic (exact) mass is 268 g/mol. The quantitative estimate of drug-likeness (QED) is 0.714. The highest BCUT2D eigenvalue weighted by Gasteiger charge is 2.12. The van der Waals surface area contributed by atoms with Gasteiger partial charge in [-0.05, 0) is 37.6 Å². The van der Waals surface area contributed by atoms with E-state index in [1.54, 1.807) is 19.1 Å². The Morgan fingerprint density at radius 2 is 2.17 bits per heavy atom. The van der Waals surface area contributed by atoms with Gasteiger partial charge in [0.15, 0.2) is 0 Å². The summed E-state index contributed by atoms with van der Waals surface area (Å²) in [4.78, 5) is 11.7. The van der Waals surface area contributed by atoms with E-state index in [0.717, 1.165) is 11.3 Å². The summed E-state index contributed by atoms with van der Waals surface area (Å²) in [6, 6.07) is 5.38. The van der Waals surface area contributed by atoms with E-state index in [9.17, 15) is 9.90 Å². The van der Waals surface area contributed by atoms with Gasteiger partial charge in [-0.3, -0.25) is 4.79 Å². The highest BCUT2D eigenvalue weighted by atomic mass is 32.2. The van der Waals surface area contributed by atoms with Gasteiger partial charge in [0.2, 0.25) is 5.91 Å². The Hall–Kier alpha value is -1.20. The molecular formula is C13H20N2O2S. The van der Waals surface area contributed by atoms with Crippen molar-refractivity contribution in [2.24, 2.45) is 0 Å². The molecule has 0 aliphatic carbocycles. The van der Waals surface area contributed by atoms with Gasteiger partial charge in [-0.2, -0.15) is 0 Å². The van der Waals surface area contributed by atoms with Crippen LogP contribution in [0.1, 0.15) is 19.4 Å². The van der Waals surface area contributed by atoms with Crippen molar-refractivity contribution in [1.29, 1.82) is 0 Å². The smallest absolute Gasteiger partial charge is 0.234 e. The number of aliphatic hydroxyl groups is 1. The molecule has 100 valence electrons. The standard InChI is InChI=1S/C13H20N2O2S/c1-8-6-11(14)4-5-12(8)15-13(17)7-18-10(3)9(2)16/h4-6,9-10,16H,7,14H2,1-3H3,(H,15,17). The van der Waals surface area contributed by atoms with Crippen LogP contribution in [-0.2, 0) is 4.79 Å². The van der Waals surface area contributed by atoms with Crippen LogP contribution in [0.4, 0.5) is 11.4 Å². The van der Waals surface area contributed by atoms with Gasteiger partial charge < -0.3 is 16.2 Å². The number of amides is 1. The fourth-order valence-corrected chi connectivity index (χ4v) is 2.12. The van der Waals surface area contributed by atoms with Crippen molar-refractivity contribution in [3.8, 4) is 0 Å². The van der Waals surface area contributed by atoms with Crippen LogP contribution in [0.2, 0.25) is 0 Å². The van der Waals surface area contributed by atoms with Crippen molar-refractivity contribution in [2.75, 3.05) is 16.8 Å². The van der Waals surface area contributed by atoms with Crippen molar-refractivity contribution in [1.82, 2.24) is 0 Å². The summed E-state index contributed by atoms with van der Waals surface area (Å²) < 4.78 is 0. The van der Waals surface area contributed by atoms with Gasteiger partial charge in [-0.1, -0.05) is 6.92 Å². The molecule has 0 bridgehead atoms. The number of anilines is 2. The molecular weight excluding hydrogens is 248 g/mol. The fourth-order valence-electron chi connectivity index (χ4n) is 1.36. The topological polar surface area (TPSA) is 75.3 Å². The minimum atomic E-state index is -0.416. The van der Waals surface area contributed by atoms with Crippen molar-refractivity contribution in [2.45, 2.75) is 32.1 Å². The molecule has 1 aromatic carbocycles. The van der Waals surface area contributed by atoms with Crippen molar-refractivity contribution in [3.63, 3.8) is 0 Å². The molecule has 0 fully saturated rings. The normalized spacial score (nSPS) is 14.0. The molecule has 0 saturated carbocycles. The largest absolute Gasteiger partial charge is 0.399 e. The lowest BCUT2D eigenvalue weighted by Gasteiger charge is -2.14.